The summed E-state index contributed by atoms with van der Waals surface area (Å²) in [6.07, 6.45) is 2.37. The van der Waals surface area contributed by atoms with Gasteiger partial charge in [-0.05, 0) is 43.5 Å². The van der Waals surface area contributed by atoms with Crippen LogP contribution in [-0.2, 0) is 17.8 Å². The predicted octanol–water partition coefficient (Wildman–Crippen LogP) is 4.85. The summed E-state index contributed by atoms with van der Waals surface area (Å²) in [5.41, 5.74) is 7.86. The fourth-order valence-corrected chi connectivity index (χ4v) is 4.00. The van der Waals surface area contributed by atoms with Crippen molar-refractivity contribution >= 4 is 22.2 Å². The van der Waals surface area contributed by atoms with E-state index in [4.69, 9.17) is 4.98 Å². The van der Waals surface area contributed by atoms with Gasteiger partial charge in [-0.15, -0.1) is 11.3 Å². The zero-order valence-corrected chi connectivity index (χ0v) is 17.1. The summed E-state index contributed by atoms with van der Waals surface area (Å²) in [6.45, 7) is 6.82. The van der Waals surface area contributed by atoms with Crippen molar-refractivity contribution in [3.63, 3.8) is 0 Å². The molecule has 0 fully saturated rings. The van der Waals surface area contributed by atoms with Gasteiger partial charge >= 0.3 is 0 Å². The van der Waals surface area contributed by atoms with Crippen LogP contribution in [0.15, 0.2) is 54.0 Å². The van der Waals surface area contributed by atoms with Crippen LogP contribution in [-0.4, -0.2) is 15.3 Å². The molecule has 1 amide bonds. The Bertz CT molecular complexity index is 1140. The lowest BCUT2D eigenvalue weighted by Gasteiger charge is -2.05. The van der Waals surface area contributed by atoms with E-state index in [1.165, 1.54) is 16.7 Å². The number of nitrogens with zero attached hydrogens (tertiary/aromatic N) is 2. The number of hydrogen-bond donors (Lipinski definition) is 1. The van der Waals surface area contributed by atoms with Gasteiger partial charge in [0.2, 0.25) is 5.91 Å². The number of aromatic nitrogens is 2. The van der Waals surface area contributed by atoms with Gasteiger partial charge in [0.1, 0.15) is 0 Å². The smallest absolute Gasteiger partial charge is 0.226 e. The number of benzene rings is 2. The van der Waals surface area contributed by atoms with E-state index in [9.17, 15) is 4.79 Å². The van der Waals surface area contributed by atoms with E-state index < -0.39 is 0 Å². The van der Waals surface area contributed by atoms with Gasteiger partial charge < -0.3 is 5.32 Å². The first-order valence-corrected chi connectivity index (χ1v) is 10.2. The Labute approximate surface area is 168 Å². The molecule has 4 nitrogen and oxygen atoms in total. The van der Waals surface area contributed by atoms with Gasteiger partial charge in [0.15, 0.2) is 4.96 Å². The molecule has 0 saturated carbocycles. The number of carbonyl (C=O) groups is 1. The number of hydrogen-bond acceptors (Lipinski definition) is 3. The molecule has 2 heterocycles. The number of nitrogens with one attached hydrogen (secondary N) is 1. The average Bonchev–Trinajstić information content (AvgIpc) is 3.25. The maximum absolute atomic E-state index is 12.4. The fourth-order valence-electron chi connectivity index (χ4n) is 3.13. The second kappa shape index (κ2) is 7.60. The van der Waals surface area contributed by atoms with Gasteiger partial charge in [-0.3, -0.25) is 9.20 Å². The Morgan fingerprint density at radius 2 is 1.86 bits per heavy atom. The Morgan fingerprint density at radius 3 is 2.61 bits per heavy atom. The Kier molecular flexibility index (Phi) is 5.01. The summed E-state index contributed by atoms with van der Waals surface area (Å²) in [6, 6.07) is 14.6. The van der Waals surface area contributed by atoms with Crippen molar-refractivity contribution in [2.24, 2.45) is 0 Å². The minimum absolute atomic E-state index is 0.0155. The SMILES string of the molecule is Cc1ccc(CNC(=O)Cc2csc3nc(-c4ccc(C)c(C)c4)cn23)cc1. The molecular weight excluding hydrogens is 366 g/mol. The van der Waals surface area contributed by atoms with Crippen molar-refractivity contribution in [3.8, 4) is 11.3 Å². The third-order valence-corrected chi connectivity index (χ3v) is 5.93. The van der Waals surface area contributed by atoms with E-state index in [1.807, 2.05) is 28.1 Å². The second-order valence-electron chi connectivity index (χ2n) is 7.24. The van der Waals surface area contributed by atoms with Crippen LogP contribution in [0.3, 0.4) is 0 Å². The Balaban J connectivity index is 1.48. The number of aryl methyl sites for hydroxylation is 3. The van der Waals surface area contributed by atoms with Gasteiger partial charge in [0.25, 0.3) is 0 Å². The molecule has 1 N–H and O–H groups in total. The molecule has 0 unspecified atom stereocenters. The molecule has 0 aliphatic carbocycles. The lowest BCUT2D eigenvalue weighted by atomic mass is 10.0. The fraction of sp³-hybridized carbons (Fsp3) is 0.217. The van der Waals surface area contributed by atoms with E-state index in [1.54, 1.807) is 11.3 Å². The minimum Gasteiger partial charge on any atom is -0.352 e. The molecule has 0 aliphatic heterocycles. The maximum atomic E-state index is 12.4. The first-order chi connectivity index (χ1) is 13.5. The average molecular weight is 390 g/mol. The predicted molar refractivity (Wildman–Crippen MR) is 115 cm³/mol. The molecule has 28 heavy (non-hydrogen) atoms. The Morgan fingerprint density at radius 1 is 1.07 bits per heavy atom. The second-order valence-corrected chi connectivity index (χ2v) is 8.08. The van der Waals surface area contributed by atoms with Gasteiger partial charge in [0.05, 0.1) is 12.1 Å². The molecule has 0 radical (unpaired) electrons. The van der Waals surface area contributed by atoms with Gasteiger partial charge in [0, 0.05) is 29.4 Å². The zero-order valence-electron chi connectivity index (χ0n) is 16.3. The van der Waals surface area contributed by atoms with Crippen molar-refractivity contribution in [2.75, 3.05) is 0 Å². The highest BCUT2D eigenvalue weighted by Crippen LogP contribution is 2.25. The molecule has 2 aromatic carbocycles. The van der Waals surface area contributed by atoms with Crippen LogP contribution in [0.4, 0.5) is 0 Å². The van der Waals surface area contributed by atoms with Gasteiger partial charge in [-0.2, -0.15) is 0 Å². The zero-order chi connectivity index (χ0) is 19.7. The number of fused-ring (bicyclic) bond motifs is 1. The summed E-state index contributed by atoms with van der Waals surface area (Å²) < 4.78 is 2.03. The van der Waals surface area contributed by atoms with Crippen molar-refractivity contribution < 1.29 is 4.79 Å². The summed E-state index contributed by atoms with van der Waals surface area (Å²) in [5.74, 6) is 0.0155. The van der Waals surface area contributed by atoms with Crippen molar-refractivity contribution in [3.05, 3.63) is 82.0 Å². The first-order valence-electron chi connectivity index (χ1n) is 9.35. The monoisotopic (exact) mass is 389 g/mol. The number of imidazole rings is 1. The molecule has 0 aliphatic rings. The minimum atomic E-state index is 0.0155. The summed E-state index contributed by atoms with van der Waals surface area (Å²) in [4.78, 5) is 18.1. The van der Waals surface area contributed by atoms with E-state index >= 15 is 0 Å². The van der Waals surface area contributed by atoms with Crippen molar-refractivity contribution in [1.82, 2.24) is 14.7 Å². The van der Waals surface area contributed by atoms with Crippen LogP contribution in [0, 0.1) is 20.8 Å². The molecular formula is C23H23N3OS. The van der Waals surface area contributed by atoms with Crippen molar-refractivity contribution in [2.45, 2.75) is 33.7 Å². The maximum Gasteiger partial charge on any atom is 0.226 e. The topological polar surface area (TPSA) is 46.4 Å². The third kappa shape index (κ3) is 3.85. The van der Waals surface area contributed by atoms with Gasteiger partial charge in [-0.1, -0.05) is 42.0 Å². The summed E-state index contributed by atoms with van der Waals surface area (Å²) in [7, 11) is 0. The van der Waals surface area contributed by atoms with Crippen LogP contribution in [0.25, 0.3) is 16.2 Å². The number of carbonyl (C=O) groups excluding carboxylic acids is 1. The quantitative estimate of drug-likeness (QED) is 0.530. The molecule has 4 aromatic rings. The lowest BCUT2D eigenvalue weighted by molar-refractivity contribution is -0.120. The highest BCUT2D eigenvalue weighted by Gasteiger charge is 2.13. The molecule has 142 valence electrons. The number of amides is 1. The summed E-state index contributed by atoms with van der Waals surface area (Å²) in [5, 5.41) is 5.02. The molecule has 4 rings (SSSR count). The normalized spacial score (nSPS) is 11.1. The number of rotatable bonds is 5. The van der Waals surface area contributed by atoms with Crippen LogP contribution in [0.5, 0.6) is 0 Å². The highest BCUT2D eigenvalue weighted by atomic mass is 32.1. The summed E-state index contributed by atoms with van der Waals surface area (Å²) >= 11 is 1.57. The largest absolute Gasteiger partial charge is 0.352 e. The molecule has 0 saturated heterocycles. The highest BCUT2D eigenvalue weighted by molar-refractivity contribution is 7.15. The van der Waals surface area contributed by atoms with E-state index in [0.29, 0.717) is 13.0 Å². The Hall–Kier alpha value is -2.92. The first kappa shape index (κ1) is 18.4. The van der Waals surface area contributed by atoms with Crippen LogP contribution in [0.2, 0.25) is 0 Å². The molecule has 5 heteroatoms. The van der Waals surface area contributed by atoms with Crippen LogP contribution in [0.1, 0.15) is 27.9 Å². The third-order valence-electron chi connectivity index (χ3n) is 5.04. The van der Waals surface area contributed by atoms with E-state index in [-0.39, 0.29) is 5.91 Å². The lowest BCUT2D eigenvalue weighted by Crippen LogP contribution is -2.24. The number of thiazole rings is 1. The standard InChI is InChI=1S/C23H23N3OS/c1-15-4-7-18(8-5-15)12-24-22(27)11-20-14-28-23-25-21(13-26(20)23)19-9-6-16(2)17(3)10-19/h4-10,13-14H,11-12H2,1-3H3,(H,24,27). The van der Waals surface area contributed by atoms with Crippen LogP contribution >= 0.6 is 11.3 Å². The van der Waals surface area contributed by atoms with Gasteiger partial charge in [-0.25, -0.2) is 4.98 Å². The van der Waals surface area contributed by atoms with E-state index in [0.717, 1.165) is 27.5 Å². The molecule has 0 bridgehead atoms. The molecule has 0 atom stereocenters. The van der Waals surface area contributed by atoms with E-state index in [2.05, 4.69) is 56.4 Å². The molecule has 0 spiro atoms. The van der Waals surface area contributed by atoms with Crippen LogP contribution < -0.4 is 5.32 Å². The molecule has 2 aromatic heterocycles. The van der Waals surface area contributed by atoms with Crippen molar-refractivity contribution in [1.29, 1.82) is 0 Å².